The maximum Gasteiger partial charge on any atom is 0.224 e. The Morgan fingerprint density at radius 2 is 2.00 bits per heavy atom. The van der Waals surface area contributed by atoms with Crippen molar-refractivity contribution < 1.29 is 6.22 Å². The van der Waals surface area contributed by atoms with Crippen LogP contribution < -0.4 is 5.32 Å². The number of fused-ring (bicyclic) bond motifs is 1. The van der Waals surface area contributed by atoms with Crippen LogP contribution in [0.3, 0.4) is 0 Å². The van der Waals surface area contributed by atoms with Crippen LogP contribution in [0.4, 0.5) is 5.69 Å². The molecule has 2 heteroatoms. The van der Waals surface area contributed by atoms with E-state index in [1.807, 2.05) is 26.8 Å². The number of aryl methyl sites for hydroxylation is 2. The number of benzene rings is 1. The normalized spacial score (nSPS) is 14.2. The maximum atomic E-state index is 11.2. The number of amides is 1. The number of nitrogens with one attached hydrogen (secondary N) is 1. The fraction of sp³-hybridized carbons (Fsp3) is 0.462. The van der Waals surface area contributed by atoms with E-state index in [1.54, 1.807) is 0 Å². The van der Waals surface area contributed by atoms with E-state index < -0.39 is 0 Å². The Hall–Kier alpha value is -1.31. The van der Waals surface area contributed by atoms with Gasteiger partial charge in [0.2, 0.25) is 5.91 Å². The van der Waals surface area contributed by atoms with Crippen molar-refractivity contribution in [3.05, 3.63) is 29.3 Å². The summed E-state index contributed by atoms with van der Waals surface area (Å²) in [5.74, 6) is 0.143. The molecule has 1 heterocycles. The van der Waals surface area contributed by atoms with E-state index in [-0.39, 0.29) is 7.33 Å². The topological polar surface area (TPSA) is 29.1 Å². The molecule has 1 aliphatic heterocycles. The molecule has 0 unspecified atom stereocenters. The summed E-state index contributed by atoms with van der Waals surface area (Å²) in [6.07, 6.45) is 2.62. The minimum absolute atomic E-state index is 0. The van der Waals surface area contributed by atoms with Gasteiger partial charge in [-0.05, 0) is 37.0 Å². The van der Waals surface area contributed by atoms with Crippen molar-refractivity contribution in [1.82, 2.24) is 0 Å². The summed E-state index contributed by atoms with van der Waals surface area (Å²) in [4.78, 5) is 11.2. The van der Waals surface area contributed by atoms with Crippen LogP contribution >= 0.6 is 0 Å². The third-order valence-corrected chi connectivity index (χ3v) is 2.39. The van der Waals surface area contributed by atoms with Crippen molar-refractivity contribution in [3.63, 3.8) is 0 Å². The maximum absolute atomic E-state index is 11.2. The van der Waals surface area contributed by atoms with Gasteiger partial charge in [-0.1, -0.05) is 26.0 Å². The largest absolute Gasteiger partial charge is 0.326 e. The van der Waals surface area contributed by atoms with Crippen LogP contribution in [0.25, 0.3) is 0 Å². The van der Waals surface area contributed by atoms with Gasteiger partial charge in [-0.15, -0.1) is 0 Å². The SMILES string of the molecule is CC.Cc1ccc2c(c1)NC(=O)CCC2.[HH]. The van der Waals surface area contributed by atoms with Gasteiger partial charge in [0, 0.05) is 13.5 Å². The molecule has 0 saturated heterocycles. The first-order chi connectivity index (χ1) is 7.25. The zero-order chi connectivity index (χ0) is 11.3. The average molecular weight is 207 g/mol. The Morgan fingerprint density at radius 3 is 2.73 bits per heavy atom. The second-order valence-electron chi connectivity index (χ2n) is 3.56. The molecule has 1 amide bonds. The summed E-state index contributed by atoms with van der Waals surface area (Å²) in [5.41, 5.74) is 3.46. The molecule has 1 N–H and O–H groups in total. The van der Waals surface area contributed by atoms with Crippen LogP contribution in [-0.4, -0.2) is 5.91 Å². The van der Waals surface area contributed by atoms with Crippen LogP contribution in [0.2, 0.25) is 0 Å². The van der Waals surface area contributed by atoms with Crippen molar-refractivity contribution in [3.8, 4) is 0 Å². The minimum atomic E-state index is 0. The van der Waals surface area contributed by atoms with Crippen LogP contribution in [0.15, 0.2) is 18.2 Å². The van der Waals surface area contributed by atoms with E-state index in [1.165, 1.54) is 11.1 Å². The standard InChI is InChI=1S/C11H13NO.C2H6.H2/c1-8-5-6-9-3-2-4-11(13)12-10(9)7-8;1-2;/h5-7H,2-4H2,1H3,(H,12,13);1-2H3;1H. The van der Waals surface area contributed by atoms with E-state index in [4.69, 9.17) is 0 Å². The number of hydrogen-bond acceptors (Lipinski definition) is 1. The Labute approximate surface area is 93.2 Å². The monoisotopic (exact) mass is 207 g/mol. The smallest absolute Gasteiger partial charge is 0.224 e. The lowest BCUT2D eigenvalue weighted by atomic mass is 10.1. The summed E-state index contributed by atoms with van der Waals surface area (Å²) in [6, 6.07) is 6.24. The summed E-state index contributed by atoms with van der Waals surface area (Å²) in [5, 5.41) is 2.92. The number of anilines is 1. The number of hydrogen-bond donors (Lipinski definition) is 1. The molecule has 0 bridgehead atoms. The third-order valence-electron chi connectivity index (χ3n) is 2.39. The lowest BCUT2D eigenvalue weighted by Crippen LogP contribution is -2.09. The number of carbonyl (C=O) groups excluding carboxylic acids is 1. The highest BCUT2D eigenvalue weighted by Gasteiger charge is 2.11. The fourth-order valence-electron chi connectivity index (χ4n) is 1.68. The quantitative estimate of drug-likeness (QED) is 0.692. The van der Waals surface area contributed by atoms with Gasteiger partial charge in [0.15, 0.2) is 0 Å². The van der Waals surface area contributed by atoms with Crippen molar-refractivity contribution in [1.29, 1.82) is 0 Å². The molecule has 1 aromatic rings. The molecule has 84 valence electrons. The average Bonchev–Trinajstić information content (AvgIpc) is 2.41. The Balaban J connectivity index is 0.000000711. The summed E-state index contributed by atoms with van der Waals surface area (Å²) in [7, 11) is 0. The van der Waals surface area contributed by atoms with Crippen LogP contribution in [0.5, 0.6) is 0 Å². The lowest BCUT2D eigenvalue weighted by molar-refractivity contribution is -0.116. The zero-order valence-electron chi connectivity index (χ0n) is 9.76. The predicted molar refractivity (Wildman–Crippen MR) is 66.2 cm³/mol. The predicted octanol–water partition coefficient (Wildman–Crippen LogP) is 3.54. The van der Waals surface area contributed by atoms with Gasteiger partial charge in [-0.3, -0.25) is 4.79 Å². The molecule has 1 aromatic carbocycles. The van der Waals surface area contributed by atoms with Gasteiger partial charge in [-0.2, -0.15) is 0 Å². The molecule has 0 aromatic heterocycles. The molecule has 2 nitrogen and oxygen atoms in total. The van der Waals surface area contributed by atoms with E-state index >= 15 is 0 Å². The molecule has 2 rings (SSSR count). The Kier molecular flexibility index (Phi) is 4.35. The molecule has 1 aliphatic rings. The summed E-state index contributed by atoms with van der Waals surface area (Å²) < 4.78 is 0. The van der Waals surface area contributed by atoms with Gasteiger partial charge in [-0.25, -0.2) is 0 Å². The van der Waals surface area contributed by atoms with E-state index in [0.29, 0.717) is 6.42 Å². The first-order valence-electron chi connectivity index (χ1n) is 5.65. The summed E-state index contributed by atoms with van der Waals surface area (Å²) >= 11 is 0. The van der Waals surface area contributed by atoms with E-state index in [9.17, 15) is 4.79 Å². The molecule has 0 atom stereocenters. The molecule has 0 aliphatic carbocycles. The zero-order valence-corrected chi connectivity index (χ0v) is 9.76. The van der Waals surface area contributed by atoms with Crippen LogP contribution in [0, 0.1) is 6.92 Å². The van der Waals surface area contributed by atoms with Crippen LogP contribution in [-0.2, 0) is 11.2 Å². The second kappa shape index (κ2) is 5.54. The van der Waals surface area contributed by atoms with Gasteiger partial charge < -0.3 is 5.32 Å². The lowest BCUT2D eigenvalue weighted by Gasteiger charge is -2.06. The van der Waals surface area contributed by atoms with Crippen molar-refractivity contribution in [2.45, 2.75) is 40.0 Å². The van der Waals surface area contributed by atoms with Crippen molar-refractivity contribution in [2.75, 3.05) is 5.32 Å². The molecule has 0 fully saturated rings. The van der Waals surface area contributed by atoms with Gasteiger partial charge in [0.1, 0.15) is 0 Å². The van der Waals surface area contributed by atoms with E-state index in [0.717, 1.165) is 18.5 Å². The third kappa shape index (κ3) is 3.08. The molecule has 0 saturated carbocycles. The highest BCUT2D eigenvalue weighted by molar-refractivity contribution is 5.92. The summed E-state index contributed by atoms with van der Waals surface area (Å²) in [6.45, 7) is 6.04. The minimum Gasteiger partial charge on any atom is -0.326 e. The fourth-order valence-corrected chi connectivity index (χ4v) is 1.68. The number of carbonyl (C=O) groups is 1. The van der Waals surface area contributed by atoms with Crippen LogP contribution in [0.1, 0.15) is 39.2 Å². The highest BCUT2D eigenvalue weighted by atomic mass is 16.1. The van der Waals surface area contributed by atoms with Crippen molar-refractivity contribution >= 4 is 11.6 Å². The molecular formula is C13H21NO. The first-order valence-corrected chi connectivity index (χ1v) is 5.65. The molecular weight excluding hydrogens is 186 g/mol. The first kappa shape index (κ1) is 11.8. The molecule has 15 heavy (non-hydrogen) atoms. The molecule has 0 radical (unpaired) electrons. The van der Waals surface area contributed by atoms with Gasteiger partial charge >= 0.3 is 0 Å². The Bertz CT molecular complexity index is 350. The highest BCUT2D eigenvalue weighted by Crippen LogP contribution is 2.22. The van der Waals surface area contributed by atoms with Gasteiger partial charge in [0.25, 0.3) is 0 Å². The van der Waals surface area contributed by atoms with Crippen molar-refractivity contribution in [2.24, 2.45) is 0 Å². The molecule has 0 spiro atoms. The number of rotatable bonds is 0. The van der Waals surface area contributed by atoms with Gasteiger partial charge in [0.05, 0.1) is 0 Å². The van der Waals surface area contributed by atoms with E-state index in [2.05, 4.69) is 17.4 Å². The Morgan fingerprint density at radius 1 is 1.27 bits per heavy atom. The second-order valence-corrected chi connectivity index (χ2v) is 3.56.